The molecule has 6 heteroatoms. The van der Waals surface area contributed by atoms with Gasteiger partial charge in [-0.05, 0) is 20.9 Å². The summed E-state index contributed by atoms with van der Waals surface area (Å²) in [5, 5.41) is 3.16. The molecule has 0 spiro atoms. The van der Waals surface area contributed by atoms with Gasteiger partial charge in [0.15, 0.2) is 0 Å². The van der Waals surface area contributed by atoms with Crippen LogP contribution >= 0.6 is 0 Å². The van der Waals surface area contributed by atoms with Crippen LogP contribution in [0.25, 0.3) is 0 Å². The molecule has 0 aliphatic rings. The van der Waals surface area contributed by atoms with Crippen LogP contribution in [-0.4, -0.2) is 55.3 Å². The molecule has 102 valence electrons. The van der Waals surface area contributed by atoms with Crippen molar-refractivity contribution in [1.82, 2.24) is 14.9 Å². The Kier molecular flexibility index (Phi) is 5.64. The highest BCUT2D eigenvalue weighted by Crippen LogP contribution is 2.16. The number of ether oxygens (including phenoxy) is 2. The lowest BCUT2D eigenvalue weighted by Crippen LogP contribution is -2.31. The maximum Gasteiger partial charge on any atom is 0.229 e. The predicted molar refractivity (Wildman–Crippen MR) is 71.4 cm³/mol. The highest BCUT2D eigenvalue weighted by atomic mass is 16.5. The van der Waals surface area contributed by atoms with E-state index in [1.807, 2.05) is 0 Å². The van der Waals surface area contributed by atoms with Crippen LogP contribution in [-0.2, 0) is 0 Å². The second kappa shape index (κ2) is 7.00. The maximum atomic E-state index is 5.08. The number of nitrogens with zero attached hydrogens (tertiary/aromatic N) is 3. The van der Waals surface area contributed by atoms with Gasteiger partial charge >= 0.3 is 0 Å². The number of anilines is 1. The summed E-state index contributed by atoms with van der Waals surface area (Å²) in [6, 6.07) is 2.17. The molecule has 1 aromatic heterocycles. The van der Waals surface area contributed by atoms with Crippen molar-refractivity contribution < 1.29 is 9.47 Å². The van der Waals surface area contributed by atoms with Crippen LogP contribution in [0, 0.1) is 0 Å². The number of hydrogen-bond acceptors (Lipinski definition) is 6. The summed E-state index contributed by atoms with van der Waals surface area (Å²) in [6.45, 7) is 6.00. The fourth-order valence-corrected chi connectivity index (χ4v) is 1.29. The van der Waals surface area contributed by atoms with Gasteiger partial charge in [0.25, 0.3) is 0 Å². The molecule has 1 N–H and O–H groups in total. The van der Waals surface area contributed by atoms with Gasteiger partial charge in [-0.1, -0.05) is 0 Å². The van der Waals surface area contributed by atoms with Gasteiger partial charge in [-0.15, -0.1) is 0 Å². The van der Waals surface area contributed by atoms with Crippen molar-refractivity contribution in [2.24, 2.45) is 0 Å². The van der Waals surface area contributed by atoms with Gasteiger partial charge in [0.1, 0.15) is 0 Å². The molecule has 1 heterocycles. The maximum absolute atomic E-state index is 5.08. The Hall–Kier alpha value is -1.56. The van der Waals surface area contributed by atoms with Crippen molar-refractivity contribution in [2.75, 3.05) is 39.7 Å². The van der Waals surface area contributed by atoms with Crippen LogP contribution in [0.4, 0.5) is 5.95 Å². The average Bonchev–Trinajstić information content (AvgIpc) is 2.37. The first kappa shape index (κ1) is 14.5. The van der Waals surface area contributed by atoms with E-state index in [-0.39, 0.29) is 0 Å². The molecule has 1 rings (SSSR count). The van der Waals surface area contributed by atoms with Crippen molar-refractivity contribution in [1.29, 1.82) is 0 Å². The Balaban J connectivity index is 2.56. The molecule has 0 aromatic carbocycles. The number of methoxy groups -OCH3 is 2. The Morgan fingerprint density at radius 1 is 1.22 bits per heavy atom. The minimum atomic E-state index is 0.488. The van der Waals surface area contributed by atoms with Crippen molar-refractivity contribution in [3.8, 4) is 11.8 Å². The summed E-state index contributed by atoms with van der Waals surface area (Å²) in [4.78, 5) is 10.6. The van der Waals surface area contributed by atoms with Gasteiger partial charge < -0.3 is 19.7 Å². The van der Waals surface area contributed by atoms with E-state index in [2.05, 4.69) is 41.1 Å². The lowest BCUT2D eigenvalue weighted by molar-refractivity contribution is 0.284. The number of aromatic nitrogens is 2. The first-order valence-corrected chi connectivity index (χ1v) is 5.98. The zero-order valence-corrected chi connectivity index (χ0v) is 11.7. The quantitative estimate of drug-likeness (QED) is 0.790. The van der Waals surface area contributed by atoms with Gasteiger partial charge in [0.05, 0.1) is 20.3 Å². The summed E-state index contributed by atoms with van der Waals surface area (Å²) < 4.78 is 10.2. The lowest BCUT2D eigenvalue weighted by Gasteiger charge is -2.20. The topological polar surface area (TPSA) is 59.5 Å². The average molecular weight is 254 g/mol. The first-order chi connectivity index (χ1) is 8.56. The minimum absolute atomic E-state index is 0.488. The van der Waals surface area contributed by atoms with E-state index >= 15 is 0 Å². The summed E-state index contributed by atoms with van der Waals surface area (Å²) >= 11 is 0. The number of hydrogen-bond donors (Lipinski definition) is 1. The normalized spacial score (nSPS) is 10.8. The fraction of sp³-hybridized carbons (Fsp3) is 0.667. The van der Waals surface area contributed by atoms with Crippen LogP contribution in [0.3, 0.4) is 0 Å². The summed E-state index contributed by atoms with van der Waals surface area (Å²) in [5.41, 5.74) is 0. The second-order valence-electron chi connectivity index (χ2n) is 4.28. The second-order valence-corrected chi connectivity index (χ2v) is 4.28. The van der Waals surface area contributed by atoms with Crippen LogP contribution < -0.4 is 14.8 Å². The molecular weight excluding hydrogens is 232 g/mol. The number of nitrogens with one attached hydrogen (secondary N) is 1. The van der Waals surface area contributed by atoms with Crippen molar-refractivity contribution in [2.45, 2.75) is 19.9 Å². The molecule has 0 amide bonds. The Bertz CT molecular complexity index is 349. The molecule has 0 saturated carbocycles. The van der Waals surface area contributed by atoms with Crippen molar-refractivity contribution in [3.05, 3.63) is 6.07 Å². The standard InChI is InChI=1S/C12H22N4O2/c1-9(2)16(3)7-6-13-12-14-10(17-4)8-11(15-12)18-5/h8-9H,6-7H2,1-5H3,(H,13,14,15). The molecule has 0 bridgehead atoms. The number of likely N-dealkylation sites (N-methyl/N-ethyl adjacent to an activating group) is 1. The Morgan fingerprint density at radius 3 is 2.22 bits per heavy atom. The lowest BCUT2D eigenvalue weighted by atomic mass is 10.3. The van der Waals surface area contributed by atoms with Gasteiger partial charge in [-0.3, -0.25) is 0 Å². The summed E-state index contributed by atoms with van der Waals surface area (Å²) in [5.74, 6) is 1.49. The highest BCUT2D eigenvalue weighted by Gasteiger charge is 2.06. The SMILES string of the molecule is COc1cc(OC)nc(NCCN(C)C(C)C)n1. The van der Waals surface area contributed by atoms with E-state index in [9.17, 15) is 0 Å². The van der Waals surface area contributed by atoms with Crippen LogP contribution in [0.5, 0.6) is 11.8 Å². The molecule has 0 aliphatic carbocycles. The van der Waals surface area contributed by atoms with Gasteiger partial charge in [-0.2, -0.15) is 9.97 Å². The van der Waals surface area contributed by atoms with E-state index in [0.717, 1.165) is 13.1 Å². The third-order valence-electron chi connectivity index (χ3n) is 2.73. The third-order valence-corrected chi connectivity index (χ3v) is 2.73. The van der Waals surface area contributed by atoms with E-state index in [0.29, 0.717) is 23.8 Å². The largest absolute Gasteiger partial charge is 0.481 e. The molecule has 0 radical (unpaired) electrons. The zero-order valence-electron chi connectivity index (χ0n) is 11.7. The Labute approximate surface area is 108 Å². The fourth-order valence-electron chi connectivity index (χ4n) is 1.29. The van der Waals surface area contributed by atoms with Gasteiger partial charge in [-0.25, -0.2) is 0 Å². The van der Waals surface area contributed by atoms with E-state index in [1.165, 1.54) is 0 Å². The molecule has 0 fully saturated rings. The van der Waals surface area contributed by atoms with Crippen molar-refractivity contribution in [3.63, 3.8) is 0 Å². The molecule has 1 aromatic rings. The first-order valence-electron chi connectivity index (χ1n) is 5.98. The molecule has 6 nitrogen and oxygen atoms in total. The number of rotatable bonds is 7. The van der Waals surface area contributed by atoms with Crippen molar-refractivity contribution >= 4 is 5.95 Å². The monoisotopic (exact) mass is 254 g/mol. The summed E-state index contributed by atoms with van der Waals surface area (Å²) in [6.07, 6.45) is 0. The highest BCUT2D eigenvalue weighted by molar-refractivity contribution is 5.33. The third kappa shape index (κ3) is 4.37. The smallest absolute Gasteiger partial charge is 0.229 e. The van der Waals surface area contributed by atoms with E-state index in [1.54, 1.807) is 20.3 Å². The molecule has 18 heavy (non-hydrogen) atoms. The zero-order chi connectivity index (χ0) is 13.5. The predicted octanol–water partition coefficient (Wildman–Crippen LogP) is 1.25. The molecular formula is C12H22N4O2. The van der Waals surface area contributed by atoms with Gasteiger partial charge in [0.2, 0.25) is 17.7 Å². The Morgan fingerprint density at radius 2 is 1.78 bits per heavy atom. The molecule has 0 aliphatic heterocycles. The minimum Gasteiger partial charge on any atom is -0.481 e. The van der Waals surface area contributed by atoms with Crippen LogP contribution in [0.1, 0.15) is 13.8 Å². The van der Waals surface area contributed by atoms with E-state index < -0.39 is 0 Å². The van der Waals surface area contributed by atoms with Crippen LogP contribution in [0.15, 0.2) is 6.07 Å². The van der Waals surface area contributed by atoms with Crippen LogP contribution in [0.2, 0.25) is 0 Å². The molecule has 0 unspecified atom stereocenters. The molecule has 0 saturated heterocycles. The summed E-state index contributed by atoms with van der Waals surface area (Å²) in [7, 11) is 5.22. The van der Waals surface area contributed by atoms with E-state index in [4.69, 9.17) is 9.47 Å². The molecule has 0 atom stereocenters. The van der Waals surface area contributed by atoms with Gasteiger partial charge in [0, 0.05) is 19.1 Å².